The van der Waals surface area contributed by atoms with Crippen molar-refractivity contribution in [2.24, 2.45) is 0 Å². The Balaban J connectivity index is 2.69. The molecule has 1 aromatic carbocycles. The summed E-state index contributed by atoms with van der Waals surface area (Å²) in [5, 5.41) is 3.61. The van der Waals surface area contributed by atoms with E-state index in [4.69, 9.17) is 0 Å². The van der Waals surface area contributed by atoms with E-state index in [2.05, 4.69) is 76.1 Å². The third kappa shape index (κ3) is 4.19. The van der Waals surface area contributed by atoms with Crippen molar-refractivity contribution in [1.29, 1.82) is 0 Å². The van der Waals surface area contributed by atoms with E-state index in [0.717, 1.165) is 8.95 Å². The summed E-state index contributed by atoms with van der Waals surface area (Å²) in [6.07, 6.45) is 2.45. The molecule has 0 saturated carbocycles. The smallest absolute Gasteiger partial charge is 0.0305 e. The van der Waals surface area contributed by atoms with Crippen molar-refractivity contribution >= 4 is 31.9 Å². The van der Waals surface area contributed by atoms with Crippen molar-refractivity contribution in [3.05, 3.63) is 32.7 Å². The Morgan fingerprint density at radius 3 is 2.50 bits per heavy atom. The average Bonchev–Trinajstić information content (AvgIpc) is 2.17. The van der Waals surface area contributed by atoms with Gasteiger partial charge in [0, 0.05) is 21.0 Å². The molecular formula is C13H19Br2N. The van der Waals surface area contributed by atoms with Crippen LogP contribution < -0.4 is 5.32 Å². The molecule has 0 fully saturated rings. The Morgan fingerprint density at radius 2 is 1.94 bits per heavy atom. The van der Waals surface area contributed by atoms with Crippen molar-refractivity contribution in [3.8, 4) is 0 Å². The molecule has 0 radical (unpaired) electrons. The molecule has 0 aliphatic rings. The Labute approximate surface area is 115 Å². The molecule has 0 saturated heterocycles. The quantitative estimate of drug-likeness (QED) is 0.784. The minimum Gasteiger partial charge on any atom is -0.308 e. The summed E-state index contributed by atoms with van der Waals surface area (Å²) in [6.45, 7) is 6.67. The lowest BCUT2D eigenvalue weighted by Crippen LogP contribution is -2.28. The first-order valence-electron chi connectivity index (χ1n) is 5.75. The molecule has 1 rings (SSSR count). The van der Waals surface area contributed by atoms with Gasteiger partial charge in [0.25, 0.3) is 0 Å². The van der Waals surface area contributed by atoms with Crippen molar-refractivity contribution in [2.45, 2.75) is 45.7 Å². The van der Waals surface area contributed by atoms with Gasteiger partial charge in [0.05, 0.1) is 0 Å². The molecule has 0 aliphatic heterocycles. The highest BCUT2D eigenvalue weighted by Gasteiger charge is 2.11. The summed E-state index contributed by atoms with van der Waals surface area (Å²) in [5.74, 6) is 0. The Hall–Kier alpha value is 0.140. The maximum Gasteiger partial charge on any atom is 0.0305 e. The lowest BCUT2D eigenvalue weighted by Gasteiger charge is -2.21. The van der Waals surface area contributed by atoms with Crippen LogP contribution in [0.2, 0.25) is 0 Å². The fraction of sp³-hybridized carbons (Fsp3) is 0.538. The van der Waals surface area contributed by atoms with Crippen LogP contribution in [0.4, 0.5) is 0 Å². The summed E-state index contributed by atoms with van der Waals surface area (Å²) in [5.41, 5.74) is 1.31. The topological polar surface area (TPSA) is 12.0 Å². The van der Waals surface area contributed by atoms with E-state index in [-0.39, 0.29) is 0 Å². The number of halogens is 2. The van der Waals surface area contributed by atoms with Gasteiger partial charge in [-0.05, 0) is 38.0 Å². The molecule has 16 heavy (non-hydrogen) atoms. The Kier molecular flexibility index (Phi) is 6.01. The fourth-order valence-corrected chi connectivity index (χ4v) is 3.28. The standard InChI is InChI=1S/C13H19Br2N/c1-4-5-9(2)16-10(3)12-7-6-11(14)8-13(12)15/h6-10,16H,4-5H2,1-3H3. The third-order valence-corrected chi connectivity index (χ3v) is 3.87. The van der Waals surface area contributed by atoms with Gasteiger partial charge >= 0.3 is 0 Å². The van der Waals surface area contributed by atoms with Crippen molar-refractivity contribution in [3.63, 3.8) is 0 Å². The van der Waals surface area contributed by atoms with Crippen molar-refractivity contribution < 1.29 is 0 Å². The van der Waals surface area contributed by atoms with Gasteiger partial charge in [0.15, 0.2) is 0 Å². The summed E-state index contributed by atoms with van der Waals surface area (Å²) < 4.78 is 2.27. The molecule has 2 unspecified atom stereocenters. The van der Waals surface area contributed by atoms with Crippen LogP contribution in [0.1, 0.15) is 45.2 Å². The average molecular weight is 349 g/mol. The first-order chi connectivity index (χ1) is 7.54. The highest BCUT2D eigenvalue weighted by atomic mass is 79.9. The van der Waals surface area contributed by atoms with E-state index in [9.17, 15) is 0 Å². The van der Waals surface area contributed by atoms with Crippen LogP contribution in [0.3, 0.4) is 0 Å². The van der Waals surface area contributed by atoms with Crippen molar-refractivity contribution in [1.82, 2.24) is 5.32 Å². The van der Waals surface area contributed by atoms with E-state index in [1.54, 1.807) is 0 Å². The molecule has 90 valence electrons. The van der Waals surface area contributed by atoms with Crippen molar-refractivity contribution in [2.75, 3.05) is 0 Å². The molecule has 3 heteroatoms. The molecular weight excluding hydrogens is 330 g/mol. The van der Waals surface area contributed by atoms with Gasteiger partial charge in [-0.25, -0.2) is 0 Å². The van der Waals surface area contributed by atoms with Crippen LogP contribution in [0, 0.1) is 0 Å². The predicted molar refractivity (Wildman–Crippen MR) is 77.8 cm³/mol. The van der Waals surface area contributed by atoms with Gasteiger partial charge in [-0.1, -0.05) is 51.3 Å². The maximum atomic E-state index is 3.61. The summed E-state index contributed by atoms with van der Waals surface area (Å²) in [4.78, 5) is 0. The Bertz CT molecular complexity index is 339. The van der Waals surface area contributed by atoms with Gasteiger partial charge in [-0.15, -0.1) is 0 Å². The van der Waals surface area contributed by atoms with Crippen LogP contribution in [-0.4, -0.2) is 6.04 Å². The van der Waals surface area contributed by atoms with E-state index in [1.165, 1.54) is 18.4 Å². The zero-order valence-electron chi connectivity index (χ0n) is 10.1. The minimum atomic E-state index is 0.379. The molecule has 1 N–H and O–H groups in total. The zero-order chi connectivity index (χ0) is 12.1. The van der Waals surface area contributed by atoms with E-state index < -0.39 is 0 Å². The highest BCUT2D eigenvalue weighted by Crippen LogP contribution is 2.27. The first kappa shape index (κ1) is 14.2. The number of benzene rings is 1. The molecule has 1 aromatic rings. The SMILES string of the molecule is CCCC(C)NC(C)c1ccc(Br)cc1Br. The summed E-state index contributed by atoms with van der Waals surface area (Å²) in [6, 6.07) is 7.28. The Morgan fingerprint density at radius 1 is 1.25 bits per heavy atom. The monoisotopic (exact) mass is 347 g/mol. The third-order valence-electron chi connectivity index (χ3n) is 2.69. The van der Waals surface area contributed by atoms with E-state index >= 15 is 0 Å². The summed E-state index contributed by atoms with van der Waals surface area (Å²) in [7, 11) is 0. The van der Waals surface area contributed by atoms with E-state index in [1.807, 2.05) is 0 Å². The van der Waals surface area contributed by atoms with Gasteiger partial charge in [-0.3, -0.25) is 0 Å². The number of hydrogen-bond donors (Lipinski definition) is 1. The first-order valence-corrected chi connectivity index (χ1v) is 7.34. The number of rotatable bonds is 5. The second-order valence-corrected chi connectivity index (χ2v) is 6.01. The molecule has 1 nitrogen and oxygen atoms in total. The lowest BCUT2D eigenvalue weighted by molar-refractivity contribution is 0.452. The molecule has 0 aliphatic carbocycles. The minimum absolute atomic E-state index is 0.379. The van der Waals surface area contributed by atoms with Crippen LogP contribution >= 0.6 is 31.9 Å². The van der Waals surface area contributed by atoms with Crippen LogP contribution in [0.25, 0.3) is 0 Å². The van der Waals surface area contributed by atoms with Crippen LogP contribution in [-0.2, 0) is 0 Å². The highest BCUT2D eigenvalue weighted by molar-refractivity contribution is 9.11. The van der Waals surface area contributed by atoms with Gasteiger partial charge in [0.2, 0.25) is 0 Å². The lowest BCUT2D eigenvalue weighted by atomic mass is 10.1. The predicted octanol–water partition coefficient (Wildman–Crippen LogP) is 5.05. The fourth-order valence-electron chi connectivity index (χ4n) is 1.89. The zero-order valence-corrected chi connectivity index (χ0v) is 13.2. The largest absolute Gasteiger partial charge is 0.308 e. The van der Waals surface area contributed by atoms with E-state index in [0.29, 0.717) is 12.1 Å². The number of hydrogen-bond acceptors (Lipinski definition) is 1. The van der Waals surface area contributed by atoms with Gasteiger partial charge < -0.3 is 5.32 Å². The normalized spacial score (nSPS) is 14.8. The molecule has 2 atom stereocenters. The second kappa shape index (κ2) is 6.77. The molecule has 0 spiro atoms. The number of nitrogens with one attached hydrogen (secondary N) is 1. The van der Waals surface area contributed by atoms with Crippen LogP contribution in [0.15, 0.2) is 27.1 Å². The van der Waals surface area contributed by atoms with Gasteiger partial charge in [0.1, 0.15) is 0 Å². The maximum absolute atomic E-state index is 3.61. The summed E-state index contributed by atoms with van der Waals surface area (Å²) >= 11 is 7.08. The second-order valence-electron chi connectivity index (χ2n) is 4.24. The van der Waals surface area contributed by atoms with Crippen LogP contribution in [0.5, 0.6) is 0 Å². The molecule has 0 aromatic heterocycles. The van der Waals surface area contributed by atoms with Gasteiger partial charge in [-0.2, -0.15) is 0 Å². The molecule has 0 amide bonds. The molecule has 0 heterocycles. The molecule has 0 bridgehead atoms.